The SMILES string of the molecule is CCCN(C)OCC.Cl. The fourth-order valence-corrected chi connectivity index (χ4v) is 0.600. The molecule has 0 aromatic heterocycles. The number of halogens is 1. The van der Waals surface area contributed by atoms with Crippen LogP contribution in [-0.2, 0) is 4.84 Å². The molecule has 0 spiro atoms. The lowest BCUT2D eigenvalue weighted by molar-refractivity contribution is -0.134. The van der Waals surface area contributed by atoms with Crippen LogP contribution in [0.1, 0.15) is 20.3 Å². The molecule has 58 valence electrons. The van der Waals surface area contributed by atoms with E-state index in [2.05, 4.69) is 6.92 Å². The highest BCUT2D eigenvalue weighted by Crippen LogP contribution is 1.85. The van der Waals surface area contributed by atoms with Crippen LogP contribution in [0.4, 0.5) is 0 Å². The maximum Gasteiger partial charge on any atom is 0.0656 e. The van der Waals surface area contributed by atoms with Crippen molar-refractivity contribution in [2.24, 2.45) is 0 Å². The lowest BCUT2D eigenvalue weighted by Crippen LogP contribution is -2.19. The molecule has 0 unspecified atom stereocenters. The third-order valence-corrected chi connectivity index (χ3v) is 0.888. The molecule has 0 bridgehead atoms. The number of nitrogens with zero attached hydrogens (tertiary/aromatic N) is 1. The van der Waals surface area contributed by atoms with E-state index in [4.69, 9.17) is 4.84 Å². The van der Waals surface area contributed by atoms with E-state index in [9.17, 15) is 0 Å². The molecule has 0 saturated heterocycles. The van der Waals surface area contributed by atoms with Crippen LogP contribution in [0.5, 0.6) is 0 Å². The molecule has 0 atom stereocenters. The summed E-state index contributed by atoms with van der Waals surface area (Å²) >= 11 is 0. The van der Waals surface area contributed by atoms with Gasteiger partial charge < -0.3 is 0 Å². The molecule has 0 N–H and O–H groups in total. The number of hydrogen-bond donors (Lipinski definition) is 0. The summed E-state index contributed by atoms with van der Waals surface area (Å²) in [5.41, 5.74) is 0. The zero-order valence-electron chi connectivity index (χ0n) is 6.39. The molecule has 9 heavy (non-hydrogen) atoms. The predicted molar refractivity (Wildman–Crippen MR) is 41.8 cm³/mol. The molecular formula is C6H16ClNO. The van der Waals surface area contributed by atoms with Crippen molar-refractivity contribution in [1.82, 2.24) is 5.06 Å². The second-order valence-corrected chi connectivity index (χ2v) is 1.77. The van der Waals surface area contributed by atoms with Crippen molar-refractivity contribution in [2.75, 3.05) is 20.2 Å². The van der Waals surface area contributed by atoms with Gasteiger partial charge in [0.05, 0.1) is 6.61 Å². The van der Waals surface area contributed by atoms with Crippen LogP contribution in [0.3, 0.4) is 0 Å². The smallest absolute Gasteiger partial charge is 0.0656 e. The van der Waals surface area contributed by atoms with Crippen molar-refractivity contribution < 1.29 is 4.84 Å². The Labute approximate surface area is 63.5 Å². The summed E-state index contributed by atoms with van der Waals surface area (Å²) in [6.07, 6.45) is 1.15. The fourth-order valence-electron chi connectivity index (χ4n) is 0.600. The molecule has 0 aromatic carbocycles. The first-order valence-corrected chi connectivity index (χ1v) is 3.15. The van der Waals surface area contributed by atoms with E-state index in [0.29, 0.717) is 0 Å². The Morgan fingerprint density at radius 1 is 1.33 bits per heavy atom. The molecular weight excluding hydrogens is 138 g/mol. The topological polar surface area (TPSA) is 12.5 Å². The summed E-state index contributed by atoms with van der Waals surface area (Å²) in [5.74, 6) is 0. The molecule has 0 aromatic rings. The van der Waals surface area contributed by atoms with Crippen LogP contribution in [0.2, 0.25) is 0 Å². The third-order valence-electron chi connectivity index (χ3n) is 0.888. The molecule has 0 aliphatic heterocycles. The van der Waals surface area contributed by atoms with Gasteiger partial charge in [-0.2, -0.15) is 5.06 Å². The first kappa shape index (κ1) is 11.9. The van der Waals surface area contributed by atoms with Crippen LogP contribution < -0.4 is 0 Å². The Kier molecular flexibility index (Phi) is 10.9. The third kappa shape index (κ3) is 8.21. The highest BCUT2D eigenvalue weighted by atomic mass is 35.5. The average Bonchev–Trinajstić information content (AvgIpc) is 1.68. The van der Waals surface area contributed by atoms with E-state index in [1.165, 1.54) is 0 Å². The van der Waals surface area contributed by atoms with Crippen molar-refractivity contribution in [3.8, 4) is 0 Å². The van der Waals surface area contributed by atoms with Gasteiger partial charge in [0.25, 0.3) is 0 Å². The van der Waals surface area contributed by atoms with Crippen molar-refractivity contribution in [2.45, 2.75) is 20.3 Å². The maximum absolute atomic E-state index is 5.12. The monoisotopic (exact) mass is 153 g/mol. The van der Waals surface area contributed by atoms with Gasteiger partial charge in [0, 0.05) is 13.6 Å². The minimum Gasteiger partial charge on any atom is -0.300 e. The molecule has 0 aliphatic rings. The summed E-state index contributed by atoms with van der Waals surface area (Å²) in [6.45, 7) is 5.92. The standard InChI is InChI=1S/C6H15NO.ClH/c1-4-6-7(3)8-5-2;/h4-6H2,1-3H3;1H. The lowest BCUT2D eigenvalue weighted by atomic mass is 10.5. The van der Waals surface area contributed by atoms with E-state index in [1.807, 2.05) is 19.0 Å². The van der Waals surface area contributed by atoms with Crippen LogP contribution in [0.25, 0.3) is 0 Å². The minimum absolute atomic E-state index is 0. The Morgan fingerprint density at radius 2 is 1.89 bits per heavy atom. The zero-order valence-corrected chi connectivity index (χ0v) is 7.20. The molecule has 0 rings (SSSR count). The van der Waals surface area contributed by atoms with E-state index >= 15 is 0 Å². The van der Waals surface area contributed by atoms with Gasteiger partial charge in [0.2, 0.25) is 0 Å². The summed E-state index contributed by atoms with van der Waals surface area (Å²) in [7, 11) is 1.95. The van der Waals surface area contributed by atoms with Gasteiger partial charge in [-0.05, 0) is 13.3 Å². The van der Waals surface area contributed by atoms with Crippen molar-refractivity contribution in [1.29, 1.82) is 0 Å². The quantitative estimate of drug-likeness (QED) is 0.571. The second kappa shape index (κ2) is 8.21. The molecule has 0 amide bonds. The maximum atomic E-state index is 5.12. The largest absolute Gasteiger partial charge is 0.300 e. The van der Waals surface area contributed by atoms with Crippen LogP contribution in [0.15, 0.2) is 0 Å². The van der Waals surface area contributed by atoms with Crippen molar-refractivity contribution in [3.05, 3.63) is 0 Å². The highest BCUT2D eigenvalue weighted by Gasteiger charge is 1.90. The average molecular weight is 154 g/mol. The Balaban J connectivity index is 0. The van der Waals surface area contributed by atoms with E-state index in [0.717, 1.165) is 19.6 Å². The number of hydrogen-bond acceptors (Lipinski definition) is 2. The van der Waals surface area contributed by atoms with Crippen LogP contribution in [-0.4, -0.2) is 25.3 Å². The Morgan fingerprint density at radius 3 is 2.22 bits per heavy atom. The van der Waals surface area contributed by atoms with Gasteiger partial charge in [0.1, 0.15) is 0 Å². The first-order valence-electron chi connectivity index (χ1n) is 3.15. The fraction of sp³-hybridized carbons (Fsp3) is 1.00. The molecule has 0 fully saturated rings. The van der Waals surface area contributed by atoms with Gasteiger partial charge in [-0.3, -0.25) is 4.84 Å². The highest BCUT2D eigenvalue weighted by molar-refractivity contribution is 5.85. The number of rotatable bonds is 4. The van der Waals surface area contributed by atoms with Crippen molar-refractivity contribution >= 4 is 12.4 Å². The van der Waals surface area contributed by atoms with E-state index in [1.54, 1.807) is 0 Å². The summed E-state index contributed by atoms with van der Waals surface area (Å²) in [5, 5.41) is 1.86. The predicted octanol–water partition coefficient (Wildman–Crippen LogP) is 1.70. The van der Waals surface area contributed by atoms with Crippen molar-refractivity contribution in [3.63, 3.8) is 0 Å². The molecule has 3 heteroatoms. The van der Waals surface area contributed by atoms with E-state index < -0.39 is 0 Å². The Hall–Kier alpha value is 0.210. The first-order chi connectivity index (χ1) is 3.81. The Bertz CT molecular complexity index is 46.3. The van der Waals surface area contributed by atoms with Gasteiger partial charge in [0.15, 0.2) is 0 Å². The van der Waals surface area contributed by atoms with Gasteiger partial charge in [-0.25, -0.2) is 0 Å². The molecule has 2 nitrogen and oxygen atoms in total. The molecule has 0 aliphatic carbocycles. The summed E-state index contributed by atoms with van der Waals surface area (Å²) < 4.78 is 0. The summed E-state index contributed by atoms with van der Waals surface area (Å²) in [6, 6.07) is 0. The summed E-state index contributed by atoms with van der Waals surface area (Å²) in [4.78, 5) is 5.12. The normalized spacial score (nSPS) is 9.33. The molecule has 0 saturated carbocycles. The van der Waals surface area contributed by atoms with Crippen LogP contribution in [0, 0.1) is 0 Å². The van der Waals surface area contributed by atoms with Crippen LogP contribution >= 0.6 is 12.4 Å². The van der Waals surface area contributed by atoms with Gasteiger partial charge in [-0.15, -0.1) is 12.4 Å². The zero-order chi connectivity index (χ0) is 6.41. The minimum atomic E-state index is 0. The lowest BCUT2D eigenvalue weighted by Gasteiger charge is -2.12. The number of hydroxylamine groups is 2. The van der Waals surface area contributed by atoms with Gasteiger partial charge >= 0.3 is 0 Å². The van der Waals surface area contributed by atoms with E-state index in [-0.39, 0.29) is 12.4 Å². The molecule has 0 heterocycles. The molecule has 0 radical (unpaired) electrons. The van der Waals surface area contributed by atoms with Gasteiger partial charge in [-0.1, -0.05) is 6.92 Å². The second-order valence-electron chi connectivity index (χ2n) is 1.77.